The van der Waals surface area contributed by atoms with E-state index in [2.05, 4.69) is 16.3 Å². The molecule has 0 bridgehead atoms. The van der Waals surface area contributed by atoms with E-state index in [4.69, 9.17) is 20.8 Å². The van der Waals surface area contributed by atoms with E-state index < -0.39 is 0 Å². The van der Waals surface area contributed by atoms with Gasteiger partial charge in [0.2, 0.25) is 0 Å². The van der Waals surface area contributed by atoms with E-state index in [0.717, 1.165) is 56.9 Å². The van der Waals surface area contributed by atoms with Gasteiger partial charge in [0.05, 0.1) is 5.02 Å². The fourth-order valence-corrected chi connectivity index (χ4v) is 4.85. The normalized spacial score (nSPS) is 17.5. The van der Waals surface area contributed by atoms with E-state index >= 15 is 0 Å². The summed E-state index contributed by atoms with van der Waals surface area (Å²) >= 11 is 6.51. The monoisotopic (exact) mass is 497 g/mol. The molecule has 0 saturated carbocycles. The number of halogens is 2. The minimum atomic E-state index is -0.340. The molecule has 0 spiro atoms. The highest BCUT2D eigenvalue weighted by Crippen LogP contribution is 2.29. The largest absolute Gasteiger partial charge is 0.489 e. The second kappa shape index (κ2) is 10.8. The van der Waals surface area contributed by atoms with Crippen LogP contribution >= 0.6 is 11.6 Å². The van der Waals surface area contributed by atoms with Crippen LogP contribution in [0.3, 0.4) is 0 Å². The third kappa shape index (κ3) is 5.86. The van der Waals surface area contributed by atoms with Gasteiger partial charge in [-0.25, -0.2) is 4.39 Å². The van der Waals surface area contributed by atoms with Gasteiger partial charge in [0.25, 0.3) is 5.91 Å². The van der Waals surface area contributed by atoms with Crippen LogP contribution < -0.4 is 10.1 Å². The fraction of sp³-hybridized carbons (Fsp3) is 0.370. The smallest absolute Gasteiger partial charge is 0.289 e. The number of carbonyl (C=O) groups excluding carboxylic acids is 1. The van der Waals surface area contributed by atoms with Crippen molar-refractivity contribution in [3.63, 3.8) is 0 Å². The zero-order valence-electron chi connectivity index (χ0n) is 19.5. The van der Waals surface area contributed by atoms with Crippen LogP contribution in [0.4, 0.5) is 4.39 Å². The average molecular weight is 498 g/mol. The first-order valence-electron chi connectivity index (χ1n) is 12.1. The van der Waals surface area contributed by atoms with Crippen LogP contribution in [-0.2, 0) is 6.54 Å². The summed E-state index contributed by atoms with van der Waals surface area (Å²) in [6, 6.07) is 15.5. The molecule has 2 aliphatic rings. The van der Waals surface area contributed by atoms with E-state index in [9.17, 15) is 9.18 Å². The highest BCUT2D eigenvalue weighted by atomic mass is 35.5. The van der Waals surface area contributed by atoms with Crippen molar-refractivity contribution in [2.24, 2.45) is 0 Å². The Bertz CT molecular complexity index is 1170. The Kier molecular flexibility index (Phi) is 7.37. The summed E-state index contributed by atoms with van der Waals surface area (Å²) in [5.41, 5.74) is 1.73. The maximum absolute atomic E-state index is 13.5. The Morgan fingerprint density at radius 2 is 1.86 bits per heavy atom. The molecule has 0 aliphatic carbocycles. The van der Waals surface area contributed by atoms with Gasteiger partial charge in [0, 0.05) is 38.3 Å². The molecular formula is C27H29ClFN3O3. The zero-order valence-corrected chi connectivity index (χ0v) is 20.3. The Balaban J connectivity index is 1.13. The number of nitrogens with one attached hydrogen (secondary N) is 1. The number of rotatable bonds is 6. The van der Waals surface area contributed by atoms with Gasteiger partial charge in [-0.1, -0.05) is 29.8 Å². The molecule has 3 aromatic rings. The Hall–Kier alpha value is -2.87. The molecule has 2 fully saturated rings. The lowest BCUT2D eigenvalue weighted by Gasteiger charge is -2.34. The van der Waals surface area contributed by atoms with Gasteiger partial charge in [0.1, 0.15) is 23.4 Å². The second-order valence-corrected chi connectivity index (χ2v) is 9.48. The first kappa shape index (κ1) is 23.9. The molecule has 2 aliphatic heterocycles. The molecular weight excluding hydrogens is 469 g/mol. The summed E-state index contributed by atoms with van der Waals surface area (Å²) in [6.45, 7) is 5.45. The van der Waals surface area contributed by atoms with Crippen molar-refractivity contribution in [1.82, 2.24) is 15.1 Å². The quantitative estimate of drug-likeness (QED) is 0.528. The van der Waals surface area contributed by atoms with Gasteiger partial charge in [-0.15, -0.1) is 0 Å². The molecule has 2 aromatic carbocycles. The van der Waals surface area contributed by atoms with Crippen LogP contribution in [-0.4, -0.2) is 61.1 Å². The molecule has 1 N–H and O–H groups in total. The molecule has 184 valence electrons. The number of carbonyl (C=O) groups is 1. The highest BCUT2D eigenvalue weighted by molar-refractivity contribution is 6.32. The summed E-state index contributed by atoms with van der Waals surface area (Å²) in [7, 11) is 0. The van der Waals surface area contributed by atoms with Crippen molar-refractivity contribution < 1.29 is 18.3 Å². The molecule has 3 heterocycles. The summed E-state index contributed by atoms with van der Waals surface area (Å²) in [4.78, 5) is 17.0. The maximum atomic E-state index is 13.5. The molecule has 35 heavy (non-hydrogen) atoms. The number of amides is 1. The fourth-order valence-electron chi connectivity index (χ4n) is 4.60. The lowest BCUT2D eigenvalue weighted by Crippen LogP contribution is -2.48. The first-order valence-corrected chi connectivity index (χ1v) is 12.5. The van der Waals surface area contributed by atoms with E-state index in [1.165, 1.54) is 12.1 Å². The Labute approximate surface area is 209 Å². The minimum Gasteiger partial charge on any atom is -0.489 e. The van der Waals surface area contributed by atoms with Crippen molar-refractivity contribution in [3.05, 3.63) is 76.8 Å². The van der Waals surface area contributed by atoms with E-state index in [1.807, 2.05) is 12.1 Å². The number of furan rings is 1. The topological polar surface area (TPSA) is 58.0 Å². The summed E-state index contributed by atoms with van der Waals surface area (Å²) in [6.07, 6.45) is 2.19. The summed E-state index contributed by atoms with van der Waals surface area (Å²) < 4.78 is 25.3. The Morgan fingerprint density at radius 1 is 1.06 bits per heavy atom. The van der Waals surface area contributed by atoms with Crippen LogP contribution in [0.15, 0.2) is 59.0 Å². The van der Waals surface area contributed by atoms with Crippen LogP contribution in [0.2, 0.25) is 5.02 Å². The van der Waals surface area contributed by atoms with Crippen molar-refractivity contribution in [2.75, 3.05) is 39.3 Å². The standard InChI is InChI=1S/C27H29ClFN3O3/c28-23-16-19(4-5-25(23)34-22-8-10-30-11-9-22)18-31-12-14-32(15-13-31)27(33)26-7-6-24(35-26)20-2-1-3-21(29)17-20/h1-7,16-17,22,30H,8-15,18H2. The Morgan fingerprint density at radius 3 is 2.60 bits per heavy atom. The zero-order chi connectivity index (χ0) is 24.2. The lowest BCUT2D eigenvalue weighted by molar-refractivity contribution is 0.0598. The number of hydrogen-bond donors (Lipinski definition) is 1. The molecule has 1 aromatic heterocycles. The molecule has 6 nitrogen and oxygen atoms in total. The molecule has 0 atom stereocenters. The van der Waals surface area contributed by atoms with E-state index in [0.29, 0.717) is 29.4 Å². The van der Waals surface area contributed by atoms with Crippen molar-refractivity contribution in [1.29, 1.82) is 0 Å². The van der Waals surface area contributed by atoms with Crippen LogP contribution in [0.1, 0.15) is 29.0 Å². The summed E-state index contributed by atoms with van der Waals surface area (Å²) in [5.74, 6) is 1.02. The van der Waals surface area contributed by atoms with Crippen molar-refractivity contribution >= 4 is 17.5 Å². The number of piperazine rings is 1. The number of nitrogens with zero attached hydrogens (tertiary/aromatic N) is 2. The molecule has 2 saturated heterocycles. The number of benzene rings is 2. The summed E-state index contributed by atoms with van der Waals surface area (Å²) in [5, 5.41) is 3.98. The van der Waals surface area contributed by atoms with Gasteiger partial charge in [-0.05, 0) is 67.9 Å². The predicted octanol–water partition coefficient (Wildman–Crippen LogP) is 4.83. The van der Waals surface area contributed by atoms with Crippen LogP contribution in [0.5, 0.6) is 5.75 Å². The number of piperidine rings is 1. The van der Waals surface area contributed by atoms with Gasteiger partial charge >= 0.3 is 0 Å². The van der Waals surface area contributed by atoms with Gasteiger partial charge in [0.15, 0.2) is 5.76 Å². The molecule has 5 rings (SSSR count). The number of hydrogen-bond acceptors (Lipinski definition) is 5. The number of ether oxygens (including phenoxy) is 1. The van der Waals surface area contributed by atoms with E-state index in [1.54, 1.807) is 29.2 Å². The first-order chi connectivity index (χ1) is 17.0. The van der Waals surface area contributed by atoms with E-state index in [-0.39, 0.29) is 23.6 Å². The third-order valence-corrected chi connectivity index (χ3v) is 6.86. The predicted molar refractivity (Wildman–Crippen MR) is 133 cm³/mol. The molecule has 1 amide bonds. The molecule has 8 heteroatoms. The average Bonchev–Trinajstić information content (AvgIpc) is 3.37. The van der Waals surface area contributed by atoms with Crippen LogP contribution in [0.25, 0.3) is 11.3 Å². The minimum absolute atomic E-state index is 0.144. The molecule has 0 radical (unpaired) electrons. The van der Waals surface area contributed by atoms with Crippen LogP contribution in [0, 0.1) is 5.82 Å². The molecule has 0 unspecified atom stereocenters. The second-order valence-electron chi connectivity index (χ2n) is 9.07. The van der Waals surface area contributed by atoms with Crippen molar-refractivity contribution in [3.8, 4) is 17.1 Å². The van der Waals surface area contributed by atoms with Gasteiger partial charge < -0.3 is 19.4 Å². The van der Waals surface area contributed by atoms with Crippen molar-refractivity contribution in [2.45, 2.75) is 25.5 Å². The highest BCUT2D eigenvalue weighted by Gasteiger charge is 2.25. The lowest BCUT2D eigenvalue weighted by atomic mass is 10.1. The maximum Gasteiger partial charge on any atom is 0.289 e. The SMILES string of the molecule is O=C(c1ccc(-c2cccc(F)c2)o1)N1CCN(Cc2ccc(OC3CCNCC3)c(Cl)c2)CC1. The third-order valence-electron chi connectivity index (χ3n) is 6.57. The van der Waals surface area contributed by atoms with Gasteiger partial charge in [-0.2, -0.15) is 0 Å². The van der Waals surface area contributed by atoms with Gasteiger partial charge in [-0.3, -0.25) is 9.69 Å².